The molecule has 0 heterocycles. The van der Waals surface area contributed by atoms with E-state index in [1.807, 2.05) is 13.0 Å². The van der Waals surface area contributed by atoms with Crippen molar-refractivity contribution in [2.45, 2.75) is 26.3 Å². The summed E-state index contributed by atoms with van der Waals surface area (Å²) in [6.07, 6.45) is 1.18. The molecule has 0 aliphatic carbocycles. The lowest BCUT2D eigenvalue weighted by molar-refractivity contribution is 0.287. The molecule has 0 bridgehead atoms. The van der Waals surface area contributed by atoms with Crippen molar-refractivity contribution in [2.24, 2.45) is 0 Å². The molecule has 1 N–H and O–H groups in total. The molecule has 0 aromatic heterocycles. The van der Waals surface area contributed by atoms with Crippen LogP contribution in [0.5, 0.6) is 11.5 Å². The number of unbranched alkanes of at least 4 members (excludes halogenated alkanes) is 1. The number of nitrogens with one attached hydrogen (secondary N) is 1. The van der Waals surface area contributed by atoms with Crippen molar-refractivity contribution in [3.05, 3.63) is 22.7 Å². The number of hydrogen-bond donors (Lipinski definition) is 1. The van der Waals surface area contributed by atoms with Gasteiger partial charge in [-0.05, 0) is 19.0 Å². The van der Waals surface area contributed by atoms with Gasteiger partial charge >= 0.3 is 0 Å². The summed E-state index contributed by atoms with van der Waals surface area (Å²) in [6, 6.07) is 5.70. The van der Waals surface area contributed by atoms with E-state index in [0.29, 0.717) is 42.5 Å². The van der Waals surface area contributed by atoms with Crippen LogP contribution >= 0.6 is 11.6 Å². The Balaban J connectivity index is 2.86. The van der Waals surface area contributed by atoms with E-state index in [1.165, 1.54) is 0 Å². The van der Waals surface area contributed by atoms with Crippen molar-refractivity contribution in [3.63, 3.8) is 0 Å². The first-order valence-corrected chi connectivity index (χ1v) is 6.67. The fourth-order valence-electron chi connectivity index (χ4n) is 1.65. The number of hydrogen-bond acceptors (Lipinski definition) is 4. The van der Waals surface area contributed by atoms with Crippen LogP contribution in [0.1, 0.15) is 25.3 Å². The third kappa shape index (κ3) is 4.98. The van der Waals surface area contributed by atoms with Crippen LogP contribution in [0.3, 0.4) is 0 Å². The van der Waals surface area contributed by atoms with Gasteiger partial charge in [0.1, 0.15) is 0 Å². The molecule has 0 radical (unpaired) electrons. The van der Waals surface area contributed by atoms with Crippen LogP contribution in [0.4, 0.5) is 0 Å². The molecule has 0 unspecified atom stereocenters. The molecular weight excluding hydrogens is 264 g/mol. The molecule has 104 valence electrons. The first-order chi connectivity index (χ1) is 9.22. The summed E-state index contributed by atoms with van der Waals surface area (Å²) < 4.78 is 11.0. The molecule has 0 fully saturated rings. The number of methoxy groups -OCH3 is 1. The maximum absolute atomic E-state index is 8.51. The van der Waals surface area contributed by atoms with Gasteiger partial charge in [-0.15, -0.1) is 0 Å². The zero-order valence-electron chi connectivity index (χ0n) is 11.3. The van der Waals surface area contributed by atoms with Gasteiger partial charge in [-0.2, -0.15) is 5.26 Å². The zero-order chi connectivity index (χ0) is 14.1. The Labute approximate surface area is 119 Å². The molecule has 0 amide bonds. The van der Waals surface area contributed by atoms with E-state index in [9.17, 15) is 0 Å². The van der Waals surface area contributed by atoms with E-state index in [4.69, 9.17) is 26.3 Å². The highest BCUT2D eigenvalue weighted by Gasteiger charge is 2.12. The van der Waals surface area contributed by atoms with E-state index in [0.717, 1.165) is 12.1 Å². The van der Waals surface area contributed by atoms with Crippen molar-refractivity contribution in [1.82, 2.24) is 5.32 Å². The van der Waals surface area contributed by atoms with Gasteiger partial charge in [-0.1, -0.05) is 18.5 Å². The Bertz CT molecular complexity index is 444. The number of nitrogens with zero attached hydrogens (tertiary/aromatic N) is 1. The van der Waals surface area contributed by atoms with Gasteiger partial charge in [0.2, 0.25) is 0 Å². The Morgan fingerprint density at radius 3 is 2.84 bits per heavy atom. The number of benzene rings is 1. The van der Waals surface area contributed by atoms with Crippen molar-refractivity contribution in [2.75, 3.05) is 20.3 Å². The predicted molar refractivity (Wildman–Crippen MR) is 75.7 cm³/mol. The largest absolute Gasteiger partial charge is 0.493 e. The monoisotopic (exact) mass is 282 g/mol. The van der Waals surface area contributed by atoms with Crippen LogP contribution in [0.2, 0.25) is 5.02 Å². The number of ether oxygens (including phenoxy) is 2. The van der Waals surface area contributed by atoms with Gasteiger partial charge in [-0.3, -0.25) is 0 Å². The Morgan fingerprint density at radius 1 is 1.42 bits per heavy atom. The summed E-state index contributed by atoms with van der Waals surface area (Å²) in [4.78, 5) is 0. The van der Waals surface area contributed by atoms with Crippen molar-refractivity contribution >= 4 is 11.6 Å². The van der Waals surface area contributed by atoms with Gasteiger partial charge in [0.25, 0.3) is 0 Å². The molecule has 0 saturated heterocycles. The molecule has 0 aliphatic heterocycles. The van der Waals surface area contributed by atoms with Gasteiger partial charge in [0.15, 0.2) is 11.5 Å². The molecule has 19 heavy (non-hydrogen) atoms. The first-order valence-electron chi connectivity index (χ1n) is 6.29. The minimum atomic E-state index is 0.485. The molecule has 0 atom stereocenters. The van der Waals surface area contributed by atoms with Crippen LogP contribution in [-0.2, 0) is 6.54 Å². The maximum atomic E-state index is 8.51. The summed E-state index contributed by atoms with van der Waals surface area (Å²) in [5.74, 6) is 1.32. The van der Waals surface area contributed by atoms with Crippen LogP contribution < -0.4 is 14.8 Å². The summed E-state index contributed by atoms with van der Waals surface area (Å²) in [7, 11) is 1.59. The second-order valence-corrected chi connectivity index (χ2v) is 4.42. The smallest absolute Gasteiger partial charge is 0.165 e. The molecule has 1 aromatic carbocycles. The van der Waals surface area contributed by atoms with Crippen molar-refractivity contribution < 1.29 is 9.47 Å². The van der Waals surface area contributed by atoms with Crippen LogP contribution in [0.15, 0.2) is 12.1 Å². The third-order valence-electron chi connectivity index (χ3n) is 2.56. The fraction of sp³-hybridized carbons (Fsp3) is 0.500. The lowest BCUT2D eigenvalue weighted by Crippen LogP contribution is -2.13. The average Bonchev–Trinajstić information content (AvgIpc) is 2.42. The van der Waals surface area contributed by atoms with E-state index in [2.05, 4.69) is 11.4 Å². The summed E-state index contributed by atoms with van der Waals surface area (Å²) in [5, 5.41) is 12.4. The normalized spacial score (nSPS) is 10.0. The fourth-order valence-corrected chi connectivity index (χ4v) is 1.89. The molecule has 5 heteroatoms. The minimum absolute atomic E-state index is 0.485. The molecule has 0 spiro atoms. The van der Waals surface area contributed by atoms with Gasteiger partial charge in [-0.25, -0.2) is 0 Å². The molecule has 1 rings (SSSR count). The maximum Gasteiger partial charge on any atom is 0.165 e. The molecule has 0 saturated carbocycles. The highest BCUT2D eigenvalue weighted by atomic mass is 35.5. The predicted octanol–water partition coefficient (Wildman–Crippen LogP) is 3.14. The molecule has 4 nitrogen and oxygen atoms in total. The first kappa shape index (κ1) is 15.6. The zero-order valence-corrected chi connectivity index (χ0v) is 12.1. The summed E-state index contributed by atoms with van der Waals surface area (Å²) in [5.41, 5.74) is 0.961. The minimum Gasteiger partial charge on any atom is -0.493 e. The highest BCUT2D eigenvalue weighted by molar-refractivity contribution is 6.30. The highest BCUT2D eigenvalue weighted by Crippen LogP contribution is 2.34. The van der Waals surface area contributed by atoms with E-state index >= 15 is 0 Å². The standard InChI is InChI=1S/C14H19ClN2O2/c1-3-17-10-11-8-12(15)9-13(18-2)14(11)19-7-5-4-6-16/h8-9,17H,3-5,7,10H2,1-2H3. The van der Waals surface area contributed by atoms with E-state index in [1.54, 1.807) is 13.2 Å². The van der Waals surface area contributed by atoms with Crippen LogP contribution in [0.25, 0.3) is 0 Å². The average molecular weight is 283 g/mol. The number of nitriles is 1. The van der Waals surface area contributed by atoms with Crippen LogP contribution in [-0.4, -0.2) is 20.3 Å². The molecule has 0 aliphatic rings. The quantitative estimate of drug-likeness (QED) is 0.744. The Hall–Kier alpha value is -1.44. The summed E-state index contributed by atoms with van der Waals surface area (Å²) >= 11 is 6.06. The van der Waals surface area contributed by atoms with E-state index in [-0.39, 0.29) is 0 Å². The number of rotatable bonds is 8. The topological polar surface area (TPSA) is 54.3 Å². The second-order valence-electron chi connectivity index (χ2n) is 3.99. The molecular formula is C14H19ClN2O2. The van der Waals surface area contributed by atoms with E-state index < -0.39 is 0 Å². The lowest BCUT2D eigenvalue weighted by Gasteiger charge is -2.15. The third-order valence-corrected chi connectivity index (χ3v) is 2.78. The molecule has 1 aromatic rings. The van der Waals surface area contributed by atoms with Crippen molar-refractivity contribution in [1.29, 1.82) is 5.26 Å². The Kier molecular flexibility index (Phi) is 7.09. The van der Waals surface area contributed by atoms with Gasteiger partial charge in [0, 0.05) is 29.6 Å². The van der Waals surface area contributed by atoms with Crippen molar-refractivity contribution in [3.8, 4) is 17.6 Å². The number of halogens is 1. The second kappa shape index (κ2) is 8.63. The SMILES string of the molecule is CCNCc1cc(Cl)cc(OC)c1OCCCC#N. The van der Waals surface area contributed by atoms with Gasteiger partial charge in [0.05, 0.1) is 19.8 Å². The summed E-state index contributed by atoms with van der Waals surface area (Å²) in [6.45, 7) is 4.06. The Morgan fingerprint density at radius 2 is 2.21 bits per heavy atom. The lowest BCUT2D eigenvalue weighted by atomic mass is 10.1. The van der Waals surface area contributed by atoms with Gasteiger partial charge < -0.3 is 14.8 Å². The van der Waals surface area contributed by atoms with Crippen LogP contribution in [0, 0.1) is 11.3 Å².